The molecular weight excluding hydrogens is 226 g/mol. The van der Waals surface area contributed by atoms with Crippen molar-refractivity contribution >= 4 is 15.9 Å². The van der Waals surface area contributed by atoms with E-state index in [-0.39, 0.29) is 0 Å². The normalized spacial score (nSPS) is 22.2. The molecule has 1 aromatic rings. The molecule has 0 amide bonds. The number of hydrogen-bond acceptors (Lipinski definition) is 1. The SMILES string of the molecule is Cc1ccc([C@H]2CCNC2)cc1Br. The summed E-state index contributed by atoms with van der Waals surface area (Å²) in [5.41, 5.74) is 2.78. The second kappa shape index (κ2) is 3.81. The second-order valence-corrected chi connectivity index (χ2v) is 4.55. The summed E-state index contributed by atoms with van der Waals surface area (Å²) in [4.78, 5) is 0. The Morgan fingerprint density at radius 3 is 2.92 bits per heavy atom. The highest BCUT2D eigenvalue weighted by molar-refractivity contribution is 9.10. The summed E-state index contributed by atoms with van der Waals surface area (Å²) in [5, 5.41) is 3.39. The molecule has 1 atom stereocenters. The fourth-order valence-electron chi connectivity index (χ4n) is 1.80. The first-order valence-corrected chi connectivity index (χ1v) is 5.53. The third-order valence-corrected chi connectivity index (χ3v) is 3.58. The predicted molar refractivity (Wildman–Crippen MR) is 59.1 cm³/mol. The molecule has 1 fully saturated rings. The first kappa shape index (κ1) is 9.22. The van der Waals surface area contributed by atoms with Crippen LogP contribution in [0.25, 0.3) is 0 Å². The zero-order valence-corrected chi connectivity index (χ0v) is 9.39. The summed E-state index contributed by atoms with van der Waals surface area (Å²) >= 11 is 3.57. The van der Waals surface area contributed by atoms with E-state index < -0.39 is 0 Å². The molecule has 2 heteroatoms. The van der Waals surface area contributed by atoms with E-state index in [0.717, 1.165) is 19.0 Å². The molecule has 1 aromatic carbocycles. The van der Waals surface area contributed by atoms with Gasteiger partial charge in [0.1, 0.15) is 0 Å². The monoisotopic (exact) mass is 239 g/mol. The van der Waals surface area contributed by atoms with Crippen LogP contribution in [0.1, 0.15) is 23.5 Å². The Hall–Kier alpha value is -0.340. The van der Waals surface area contributed by atoms with Crippen molar-refractivity contribution < 1.29 is 0 Å². The minimum Gasteiger partial charge on any atom is -0.316 e. The third kappa shape index (κ3) is 1.94. The van der Waals surface area contributed by atoms with E-state index in [1.807, 2.05) is 0 Å². The van der Waals surface area contributed by atoms with Gasteiger partial charge in [0, 0.05) is 11.0 Å². The van der Waals surface area contributed by atoms with Gasteiger partial charge in [-0.05, 0) is 43.0 Å². The molecule has 1 aliphatic rings. The highest BCUT2D eigenvalue weighted by Gasteiger charge is 2.16. The van der Waals surface area contributed by atoms with E-state index in [4.69, 9.17) is 0 Å². The molecule has 13 heavy (non-hydrogen) atoms. The van der Waals surface area contributed by atoms with Gasteiger partial charge in [-0.3, -0.25) is 0 Å². The van der Waals surface area contributed by atoms with Crippen molar-refractivity contribution in [1.29, 1.82) is 0 Å². The van der Waals surface area contributed by atoms with Crippen molar-refractivity contribution in [3.05, 3.63) is 33.8 Å². The Bertz CT molecular complexity index is 303. The van der Waals surface area contributed by atoms with Crippen molar-refractivity contribution in [1.82, 2.24) is 5.32 Å². The maximum Gasteiger partial charge on any atom is 0.0207 e. The summed E-state index contributed by atoms with van der Waals surface area (Å²) in [6.45, 7) is 4.42. The van der Waals surface area contributed by atoms with E-state index in [1.165, 1.54) is 22.0 Å². The lowest BCUT2D eigenvalue weighted by Gasteiger charge is -2.09. The van der Waals surface area contributed by atoms with E-state index in [0.29, 0.717) is 0 Å². The molecule has 0 aliphatic carbocycles. The van der Waals surface area contributed by atoms with E-state index in [1.54, 1.807) is 0 Å². The minimum absolute atomic E-state index is 0.719. The van der Waals surface area contributed by atoms with E-state index in [2.05, 4.69) is 46.4 Å². The maximum atomic E-state index is 3.57. The van der Waals surface area contributed by atoms with Crippen LogP contribution < -0.4 is 5.32 Å². The molecule has 0 spiro atoms. The fourth-order valence-corrected chi connectivity index (χ4v) is 2.20. The van der Waals surface area contributed by atoms with Crippen molar-refractivity contribution in [2.45, 2.75) is 19.3 Å². The van der Waals surface area contributed by atoms with Crippen molar-refractivity contribution in [2.24, 2.45) is 0 Å². The molecule has 0 saturated carbocycles. The number of hydrogen-bond donors (Lipinski definition) is 1. The van der Waals surface area contributed by atoms with E-state index >= 15 is 0 Å². The highest BCUT2D eigenvalue weighted by Crippen LogP contribution is 2.26. The number of rotatable bonds is 1. The van der Waals surface area contributed by atoms with E-state index in [9.17, 15) is 0 Å². The standard InChI is InChI=1S/C11H14BrN/c1-8-2-3-9(6-11(8)12)10-4-5-13-7-10/h2-3,6,10,13H,4-5,7H2,1H3/t10-/m0/s1. The topological polar surface area (TPSA) is 12.0 Å². The Morgan fingerprint density at radius 2 is 2.31 bits per heavy atom. The highest BCUT2D eigenvalue weighted by atomic mass is 79.9. The Balaban J connectivity index is 2.25. The average Bonchev–Trinajstić information content (AvgIpc) is 2.62. The van der Waals surface area contributed by atoms with Crippen LogP contribution in [-0.4, -0.2) is 13.1 Å². The Labute approximate surface area is 87.7 Å². The molecule has 1 N–H and O–H groups in total. The summed E-state index contributed by atoms with van der Waals surface area (Å²) in [7, 11) is 0. The molecule has 0 aromatic heterocycles. The summed E-state index contributed by atoms with van der Waals surface area (Å²) in [5.74, 6) is 0.719. The van der Waals surface area contributed by atoms with Crippen LogP contribution in [0.5, 0.6) is 0 Å². The van der Waals surface area contributed by atoms with Crippen molar-refractivity contribution in [2.75, 3.05) is 13.1 Å². The summed E-state index contributed by atoms with van der Waals surface area (Å²) in [6.07, 6.45) is 1.27. The quantitative estimate of drug-likeness (QED) is 0.795. The van der Waals surface area contributed by atoms with Gasteiger partial charge >= 0.3 is 0 Å². The van der Waals surface area contributed by atoms with Gasteiger partial charge in [-0.1, -0.05) is 28.1 Å². The lowest BCUT2D eigenvalue weighted by Crippen LogP contribution is -2.07. The van der Waals surface area contributed by atoms with Gasteiger partial charge in [0.05, 0.1) is 0 Å². The zero-order valence-electron chi connectivity index (χ0n) is 7.81. The molecular formula is C11H14BrN. The number of aryl methyl sites for hydroxylation is 1. The van der Waals surface area contributed by atoms with Crippen LogP contribution in [0.4, 0.5) is 0 Å². The van der Waals surface area contributed by atoms with Gasteiger partial charge in [0.2, 0.25) is 0 Å². The molecule has 2 rings (SSSR count). The maximum absolute atomic E-state index is 3.57. The predicted octanol–water partition coefficient (Wildman–Crippen LogP) is 2.83. The summed E-state index contributed by atoms with van der Waals surface area (Å²) < 4.78 is 1.23. The van der Waals surface area contributed by atoms with Gasteiger partial charge < -0.3 is 5.32 Å². The smallest absolute Gasteiger partial charge is 0.0207 e. The molecule has 70 valence electrons. The van der Waals surface area contributed by atoms with Crippen LogP contribution in [0.2, 0.25) is 0 Å². The largest absolute Gasteiger partial charge is 0.316 e. The van der Waals surface area contributed by atoms with Crippen LogP contribution >= 0.6 is 15.9 Å². The van der Waals surface area contributed by atoms with Gasteiger partial charge in [0.25, 0.3) is 0 Å². The molecule has 0 radical (unpaired) electrons. The third-order valence-electron chi connectivity index (χ3n) is 2.73. The first-order valence-electron chi connectivity index (χ1n) is 4.74. The molecule has 0 unspecified atom stereocenters. The average molecular weight is 240 g/mol. The zero-order chi connectivity index (χ0) is 9.26. The fraction of sp³-hybridized carbons (Fsp3) is 0.455. The molecule has 0 bridgehead atoms. The van der Waals surface area contributed by atoms with Gasteiger partial charge in [0.15, 0.2) is 0 Å². The van der Waals surface area contributed by atoms with Crippen LogP contribution in [-0.2, 0) is 0 Å². The van der Waals surface area contributed by atoms with Crippen LogP contribution in [0.3, 0.4) is 0 Å². The number of nitrogens with one attached hydrogen (secondary N) is 1. The number of benzene rings is 1. The Kier molecular flexibility index (Phi) is 2.70. The first-order chi connectivity index (χ1) is 6.27. The molecule has 1 saturated heterocycles. The van der Waals surface area contributed by atoms with Crippen molar-refractivity contribution in [3.8, 4) is 0 Å². The minimum atomic E-state index is 0.719. The summed E-state index contributed by atoms with van der Waals surface area (Å²) in [6, 6.07) is 6.70. The number of halogens is 1. The lowest BCUT2D eigenvalue weighted by molar-refractivity contribution is 0.762. The van der Waals surface area contributed by atoms with Crippen LogP contribution in [0.15, 0.2) is 22.7 Å². The molecule has 1 aliphatic heterocycles. The van der Waals surface area contributed by atoms with Gasteiger partial charge in [-0.15, -0.1) is 0 Å². The second-order valence-electron chi connectivity index (χ2n) is 3.70. The van der Waals surface area contributed by atoms with Gasteiger partial charge in [-0.25, -0.2) is 0 Å². The van der Waals surface area contributed by atoms with Crippen LogP contribution in [0, 0.1) is 6.92 Å². The molecule has 1 nitrogen and oxygen atoms in total. The van der Waals surface area contributed by atoms with Crippen molar-refractivity contribution in [3.63, 3.8) is 0 Å². The lowest BCUT2D eigenvalue weighted by atomic mass is 9.98. The molecule has 1 heterocycles. The Morgan fingerprint density at radius 1 is 1.46 bits per heavy atom. The van der Waals surface area contributed by atoms with Gasteiger partial charge in [-0.2, -0.15) is 0 Å².